The van der Waals surface area contributed by atoms with Gasteiger partial charge in [0.15, 0.2) is 6.61 Å². The molecule has 1 atom stereocenters. The minimum atomic E-state index is -4.48. The average molecular weight is 427 g/mol. The third kappa shape index (κ3) is 4.07. The lowest BCUT2D eigenvalue weighted by Gasteiger charge is -2.09. The lowest BCUT2D eigenvalue weighted by molar-refractivity contribution is -0.137. The number of ketones is 1. The average Bonchev–Trinajstić information content (AvgIpc) is 3.03. The number of benzene rings is 1. The van der Waals surface area contributed by atoms with E-state index in [1.165, 1.54) is 26.2 Å². The number of carbonyl (C=O) groups excluding carboxylic acids is 1. The third-order valence-corrected chi connectivity index (χ3v) is 4.23. The van der Waals surface area contributed by atoms with Crippen molar-refractivity contribution in [3.63, 3.8) is 0 Å². The minimum Gasteiger partial charge on any atom is -0.490 e. The standard InChI is InChI=1S/C18H16F3N3O6/c1-23-15(26)13-14(25)12(30-16(13)24(2)17(23)27)9-22-29-7-6-28-11-5-3-4-10(8-11)18(19,20)21/h3-5,8-9,12H,6-7H2,1-2H3. The van der Waals surface area contributed by atoms with Gasteiger partial charge in [-0.2, -0.15) is 13.2 Å². The first kappa shape index (κ1) is 21.1. The monoisotopic (exact) mass is 427 g/mol. The Labute approximate surface area is 166 Å². The van der Waals surface area contributed by atoms with Crippen LogP contribution in [-0.2, 0) is 25.1 Å². The molecule has 2 aromatic rings. The summed E-state index contributed by atoms with van der Waals surface area (Å²) in [4.78, 5) is 41.2. The van der Waals surface area contributed by atoms with E-state index in [4.69, 9.17) is 14.3 Å². The number of aromatic nitrogens is 2. The Bertz CT molecular complexity index is 1120. The highest BCUT2D eigenvalue weighted by molar-refractivity contribution is 6.12. The second-order valence-corrected chi connectivity index (χ2v) is 6.25. The summed E-state index contributed by atoms with van der Waals surface area (Å²) in [5, 5.41) is 3.55. The molecule has 0 bridgehead atoms. The topological polar surface area (TPSA) is 101 Å². The van der Waals surface area contributed by atoms with Gasteiger partial charge in [-0.05, 0) is 18.2 Å². The van der Waals surface area contributed by atoms with Gasteiger partial charge >= 0.3 is 11.9 Å². The highest BCUT2D eigenvalue weighted by atomic mass is 19.4. The van der Waals surface area contributed by atoms with Gasteiger partial charge in [0.1, 0.15) is 17.9 Å². The molecule has 3 rings (SSSR count). The maximum atomic E-state index is 12.7. The predicted octanol–water partition coefficient (Wildman–Crippen LogP) is 1.13. The molecule has 1 aromatic carbocycles. The van der Waals surface area contributed by atoms with Crippen LogP contribution in [0.1, 0.15) is 15.9 Å². The summed E-state index contributed by atoms with van der Waals surface area (Å²) in [6, 6.07) is 4.37. The van der Waals surface area contributed by atoms with Crippen LogP contribution in [0.25, 0.3) is 0 Å². The molecule has 160 valence electrons. The van der Waals surface area contributed by atoms with Crippen molar-refractivity contribution in [3.8, 4) is 11.6 Å². The van der Waals surface area contributed by atoms with Gasteiger partial charge in [-0.3, -0.25) is 18.7 Å². The van der Waals surface area contributed by atoms with Crippen LogP contribution in [0.15, 0.2) is 39.0 Å². The van der Waals surface area contributed by atoms with Crippen molar-refractivity contribution in [1.82, 2.24) is 9.13 Å². The summed E-state index contributed by atoms with van der Waals surface area (Å²) >= 11 is 0. The molecule has 0 fully saturated rings. The first-order chi connectivity index (χ1) is 14.1. The second kappa shape index (κ2) is 8.05. The number of alkyl halides is 3. The first-order valence-electron chi connectivity index (χ1n) is 8.57. The van der Waals surface area contributed by atoms with E-state index in [1.807, 2.05) is 0 Å². The summed E-state index contributed by atoms with van der Waals surface area (Å²) in [6.07, 6.45) is -4.71. The van der Waals surface area contributed by atoms with E-state index in [0.29, 0.717) is 0 Å². The molecule has 0 spiro atoms. The molecule has 0 radical (unpaired) electrons. The molecule has 2 heterocycles. The maximum Gasteiger partial charge on any atom is 0.416 e. The molecule has 12 heteroatoms. The number of fused-ring (bicyclic) bond motifs is 1. The quantitative estimate of drug-likeness (QED) is 0.389. The molecule has 0 N–H and O–H groups in total. The fourth-order valence-electron chi connectivity index (χ4n) is 2.70. The highest BCUT2D eigenvalue weighted by Crippen LogP contribution is 2.31. The Morgan fingerprint density at radius 3 is 2.60 bits per heavy atom. The summed E-state index contributed by atoms with van der Waals surface area (Å²) in [5.41, 5.74) is -2.52. The van der Waals surface area contributed by atoms with Gasteiger partial charge in [-0.15, -0.1) is 0 Å². The van der Waals surface area contributed by atoms with Crippen molar-refractivity contribution >= 4 is 12.0 Å². The molecule has 9 nitrogen and oxygen atoms in total. The Morgan fingerprint density at radius 2 is 1.90 bits per heavy atom. The van der Waals surface area contributed by atoms with E-state index in [2.05, 4.69) is 5.16 Å². The van der Waals surface area contributed by atoms with Gasteiger partial charge in [0, 0.05) is 14.1 Å². The van der Waals surface area contributed by atoms with Crippen LogP contribution >= 0.6 is 0 Å². The normalized spacial score (nSPS) is 15.9. The third-order valence-electron chi connectivity index (χ3n) is 4.23. The molecule has 1 unspecified atom stereocenters. The van der Waals surface area contributed by atoms with Gasteiger partial charge in [0.25, 0.3) is 5.56 Å². The van der Waals surface area contributed by atoms with Crippen molar-refractivity contribution in [3.05, 3.63) is 56.2 Å². The molecule has 1 aromatic heterocycles. The molecule has 30 heavy (non-hydrogen) atoms. The van der Waals surface area contributed by atoms with E-state index >= 15 is 0 Å². The number of ether oxygens (including phenoxy) is 2. The number of hydrogen-bond acceptors (Lipinski definition) is 7. The van der Waals surface area contributed by atoms with Crippen LogP contribution in [0.2, 0.25) is 0 Å². The van der Waals surface area contributed by atoms with Gasteiger partial charge in [-0.1, -0.05) is 11.2 Å². The van der Waals surface area contributed by atoms with Crippen molar-refractivity contribution < 1.29 is 32.3 Å². The minimum absolute atomic E-state index is 0.0129. The molecule has 1 aliphatic heterocycles. The van der Waals surface area contributed by atoms with Crippen LogP contribution in [-0.4, -0.2) is 40.4 Å². The van der Waals surface area contributed by atoms with Gasteiger partial charge in [0.2, 0.25) is 17.8 Å². The SMILES string of the molecule is Cn1c2c(c(=O)n(C)c1=O)C(=O)C(C=NOCCOc1cccc(C(F)(F)F)c1)O2. The van der Waals surface area contributed by atoms with Gasteiger partial charge in [0.05, 0.1) is 11.8 Å². The summed E-state index contributed by atoms with van der Waals surface area (Å²) in [6.45, 7) is -0.228. The molecule has 0 aliphatic carbocycles. The van der Waals surface area contributed by atoms with E-state index < -0.39 is 34.9 Å². The summed E-state index contributed by atoms with van der Waals surface area (Å²) < 4.78 is 50.3. The molecular formula is C18H16F3N3O6. The number of oxime groups is 1. The Morgan fingerprint density at radius 1 is 1.17 bits per heavy atom. The van der Waals surface area contributed by atoms with Gasteiger partial charge < -0.3 is 14.3 Å². The largest absolute Gasteiger partial charge is 0.490 e. The van der Waals surface area contributed by atoms with Crippen molar-refractivity contribution in [2.45, 2.75) is 12.3 Å². The number of carbonyl (C=O) groups is 1. The number of nitrogens with zero attached hydrogens (tertiary/aromatic N) is 3. The van der Waals surface area contributed by atoms with Gasteiger partial charge in [-0.25, -0.2) is 4.79 Å². The van der Waals surface area contributed by atoms with E-state index in [1.54, 1.807) is 0 Å². The smallest absolute Gasteiger partial charge is 0.416 e. The van der Waals surface area contributed by atoms with E-state index in [0.717, 1.165) is 27.5 Å². The Kier molecular flexibility index (Phi) is 5.67. The number of Topliss-reactive ketones (excluding diaryl/α,β-unsaturated/α-hetero) is 1. The lowest BCUT2D eigenvalue weighted by atomic mass is 10.1. The van der Waals surface area contributed by atoms with Crippen LogP contribution < -0.4 is 20.7 Å². The molecule has 1 aliphatic rings. The summed E-state index contributed by atoms with van der Waals surface area (Å²) in [7, 11) is 2.60. The van der Waals surface area contributed by atoms with Crippen LogP contribution in [0.3, 0.4) is 0 Å². The highest BCUT2D eigenvalue weighted by Gasteiger charge is 2.37. The number of halogens is 3. The predicted molar refractivity (Wildman–Crippen MR) is 97.1 cm³/mol. The fourth-order valence-corrected chi connectivity index (χ4v) is 2.70. The van der Waals surface area contributed by atoms with Crippen LogP contribution in [0, 0.1) is 0 Å². The zero-order valence-electron chi connectivity index (χ0n) is 15.8. The van der Waals surface area contributed by atoms with Crippen molar-refractivity contribution in [2.75, 3.05) is 13.2 Å². The lowest BCUT2D eigenvalue weighted by Crippen LogP contribution is -2.39. The van der Waals surface area contributed by atoms with Crippen molar-refractivity contribution in [2.24, 2.45) is 19.3 Å². The van der Waals surface area contributed by atoms with Crippen LogP contribution in [0.4, 0.5) is 13.2 Å². The first-order valence-corrected chi connectivity index (χ1v) is 8.57. The molecule has 0 amide bonds. The maximum absolute atomic E-state index is 12.7. The van der Waals surface area contributed by atoms with E-state index in [9.17, 15) is 27.6 Å². The molecule has 0 saturated heterocycles. The number of hydrogen-bond donors (Lipinski definition) is 0. The molecule has 0 saturated carbocycles. The molecular weight excluding hydrogens is 411 g/mol. The van der Waals surface area contributed by atoms with E-state index in [-0.39, 0.29) is 30.4 Å². The second-order valence-electron chi connectivity index (χ2n) is 6.25. The summed E-state index contributed by atoms with van der Waals surface area (Å²) in [5.74, 6) is -0.815. The van der Waals surface area contributed by atoms with Crippen LogP contribution in [0.5, 0.6) is 11.6 Å². The Hall–Kier alpha value is -3.57. The van der Waals surface area contributed by atoms with Crippen molar-refractivity contribution in [1.29, 1.82) is 0 Å². The fraction of sp³-hybridized carbons (Fsp3) is 0.333. The Balaban J connectivity index is 1.54. The zero-order valence-corrected chi connectivity index (χ0v) is 15.8. The number of rotatable bonds is 6. The zero-order chi connectivity index (χ0) is 22.1.